The van der Waals surface area contributed by atoms with Crippen LogP contribution in [0.1, 0.15) is 47.1 Å². The highest BCUT2D eigenvalue weighted by molar-refractivity contribution is 7.89. The van der Waals surface area contributed by atoms with E-state index in [-0.39, 0.29) is 16.7 Å². The summed E-state index contributed by atoms with van der Waals surface area (Å²) in [4.78, 5) is 29.3. The molecule has 0 spiro atoms. The summed E-state index contributed by atoms with van der Waals surface area (Å²) in [7, 11) is -3.55. The number of piperazine rings is 1. The van der Waals surface area contributed by atoms with Crippen molar-refractivity contribution in [2.45, 2.75) is 32.1 Å². The highest BCUT2D eigenvalue weighted by atomic mass is 32.2. The van der Waals surface area contributed by atoms with Gasteiger partial charge in [-0.2, -0.15) is 4.31 Å². The number of carbonyl (C=O) groups excluding carboxylic acids is 2. The molecule has 172 valence electrons. The first-order valence-electron chi connectivity index (χ1n) is 11.1. The first-order valence-corrected chi connectivity index (χ1v) is 12.5. The molecule has 0 unspecified atom stereocenters. The molecule has 1 aliphatic rings. The van der Waals surface area contributed by atoms with Crippen LogP contribution in [-0.2, 0) is 16.4 Å². The molecule has 2 aromatic carbocycles. The summed E-state index contributed by atoms with van der Waals surface area (Å²) in [5, 5.41) is 0. The molecule has 3 rings (SSSR count). The van der Waals surface area contributed by atoms with E-state index in [4.69, 9.17) is 0 Å². The smallest absolute Gasteiger partial charge is 0.253 e. The molecule has 0 aliphatic carbocycles. The van der Waals surface area contributed by atoms with Crippen molar-refractivity contribution >= 4 is 21.8 Å². The second-order valence-electron chi connectivity index (χ2n) is 7.75. The van der Waals surface area contributed by atoms with Gasteiger partial charge >= 0.3 is 0 Å². The van der Waals surface area contributed by atoms with Gasteiger partial charge in [0.1, 0.15) is 0 Å². The molecule has 0 saturated carbocycles. The van der Waals surface area contributed by atoms with Crippen LogP contribution in [0.15, 0.2) is 53.4 Å². The van der Waals surface area contributed by atoms with E-state index in [9.17, 15) is 18.0 Å². The third kappa shape index (κ3) is 5.02. The molecule has 8 heteroatoms. The molecule has 2 amide bonds. The Labute approximate surface area is 190 Å². The molecule has 0 atom stereocenters. The topological polar surface area (TPSA) is 78.0 Å². The van der Waals surface area contributed by atoms with Crippen LogP contribution >= 0.6 is 0 Å². The van der Waals surface area contributed by atoms with Gasteiger partial charge < -0.3 is 9.80 Å². The summed E-state index contributed by atoms with van der Waals surface area (Å²) in [5.74, 6) is -0.179. The quantitative estimate of drug-likeness (QED) is 0.641. The number of sulfonamides is 1. The molecule has 2 aromatic rings. The van der Waals surface area contributed by atoms with Crippen molar-refractivity contribution < 1.29 is 18.0 Å². The van der Waals surface area contributed by atoms with E-state index in [1.165, 1.54) is 22.0 Å². The minimum absolute atomic E-state index is 0.0225. The Morgan fingerprint density at radius 2 is 1.16 bits per heavy atom. The second-order valence-corrected chi connectivity index (χ2v) is 9.69. The third-order valence-electron chi connectivity index (χ3n) is 5.91. The Kier molecular flexibility index (Phi) is 7.69. The standard InChI is InChI=1S/C24H31N3O4S/c1-4-19-7-9-20(10-8-19)23(28)25-15-17-26(18-16-25)24(29)21-11-13-22(14-12-21)32(30,31)27(5-2)6-3/h7-14H,4-6,15-18H2,1-3H3. The Balaban J connectivity index is 1.62. The molecule has 32 heavy (non-hydrogen) atoms. The van der Waals surface area contributed by atoms with Gasteiger partial charge in [0.05, 0.1) is 4.90 Å². The molecule has 7 nitrogen and oxygen atoms in total. The molecular weight excluding hydrogens is 426 g/mol. The first kappa shape index (κ1) is 23.9. The number of carbonyl (C=O) groups is 2. The van der Waals surface area contributed by atoms with Crippen LogP contribution in [0, 0.1) is 0 Å². The molecule has 0 aromatic heterocycles. The van der Waals surface area contributed by atoms with Gasteiger partial charge in [0.15, 0.2) is 0 Å². The molecular formula is C24H31N3O4S. The van der Waals surface area contributed by atoms with Crippen molar-refractivity contribution in [3.05, 3.63) is 65.2 Å². The fraction of sp³-hybridized carbons (Fsp3) is 0.417. The van der Waals surface area contributed by atoms with Crippen LogP contribution < -0.4 is 0 Å². The van der Waals surface area contributed by atoms with Crippen LogP contribution in [0.2, 0.25) is 0 Å². The van der Waals surface area contributed by atoms with Crippen molar-refractivity contribution in [2.24, 2.45) is 0 Å². The van der Waals surface area contributed by atoms with Gasteiger partial charge in [-0.05, 0) is 48.4 Å². The maximum Gasteiger partial charge on any atom is 0.253 e. The van der Waals surface area contributed by atoms with Crippen LogP contribution in [0.4, 0.5) is 0 Å². The lowest BCUT2D eigenvalue weighted by atomic mass is 10.1. The molecule has 0 N–H and O–H groups in total. The van der Waals surface area contributed by atoms with E-state index in [2.05, 4.69) is 6.92 Å². The zero-order valence-corrected chi connectivity index (χ0v) is 19.8. The zero-order valence-electron chi connectivity index (χ0n) is 19.0. The van der Waals surface area contributed by atoms with Crippen LogP contribution in [0.3, 0.4) is 0 Å². The average molecular weight is 458 g/mol. The highest BCUT2D eigenvalue weighted by Gasteiger charge is 2.26. The average Bonchev–Trinajstić information content (AvgIpc) is 2.84. The lowest BCUT2D eigenvalue weighted by molar-refractivity contribution is 0.0535. The monoisotopic (exact) mass is 457 g/mol. The van der Waals surface area contributed by atoms with Gasteiger partial charge in [-0.3, -0.25) is 9.59 Å². The van der Waals surface area contributed by atoms with E-state index in [0.717, 1.165) is 6.42 Å². The lowest BCUT2D eigenvalue weighted by Gasteiger charge is -2.35. The Morgan fingerprint density at radius 3 is 1.53 bits per heavy atom. The SMILES string of the molecule is CCc1ccc(C(=O)N2CCN(C(=O)c3ccc(S(=O)(=O)N(CC)CC)cc3)CC2)cc1. The van der Waals surface area contributed by atoms with Gasteiger partial charge in [0, 0.05) is 50.4 Å². The van der Waals surface area contributed by atoms with Crippen LogP contribution in [0.25, 0.3) is 0 Å². The number of aryl methyl sites for hydroxylation is 1. The van der Waals surface area contributed by atoms with Crippen molar-refractivity contribution in [2.75, 3.05) is 39.3 Å². The van der Waals surface area contributed by atoms with Gasteiger partial charge in [-0.15, -0.1) is 0 Å². The van der Waals surface area contributed by atoms with Gasteiger partial charge in [-0.25, -0.2) is 8.42 Å². The summed E-state index contributed by atoms with van der Waals surface area (Å²) < 4.78 is 26.6. The highest BCUT2D eigenvalue weighted by Crippen LogP contribution is 2.18. The van der Waals surface area contributed by atoms with E-state index in [1.807, 2.05) is 24.3 Å². The lowest BCUT2D eigenvalue weighted by Crippen LogP contribution is -2.50. The predicted molar refractivity (Wildman–Crippen MR) is 124 cm³/mol. The van der Waals surface area contributed by atoms with Crippen molar-refractivity contribution in [1.82, 2.24) is 14.1 Å². The minimum atomic E-state index is -3.55. The summed E-state index contributed by atoms with van der Waals surface area (Å²) in [6, 6.07) is 13.7. The fourth-order valence-electron chi connectivity index (χ4n) is 3.84. The second kappa shape index (κ2) is 10.3. The normalized spacial score (nSPS) is 14.6. The first-order chi connectivity index (χ1) is 15.3. The summed E-state index contributed by atoms with van der Waals surface area (Å²) in [6.45, 7) is 8.27. The molecule has 0 bridgehead atoms. The number of hydrogen-bond donors (Lipinski definition) is 0. The molecule has 1 aliphatic heterocycles. The molecule has 1 fully saturated rings. The number of nitrogens with zero attached hydrogens (tertiary/aromatic N) is 3. The van der Waals surface area contributed by atoms with Crippen LogP contribution in [-0.4, -0.2) is 73.6 Å². The van der Waals surface area contributed by atoms with Gasteiger partial charge in [0.2, 0.25) is 10.0 Å². The van der Waals surface area contributed by atoms with Crippen LogP contribution in [0.5, 0.6) is 0 Å². The summed E-state index contributed by atoms with van der Waals surface area (Å²) in [6.07, 6.45) is 0.928. The van der Waals surface area contributed by atoms with E-state index in [1.54, 1.807) is 35.8 Å². The Morgan fingerprint density at radius 1 is 0.750 bits per heavy atom. The van der Waals surface area contributed by atoms with Crippen molar-refractivity contribution in [3.63, 3.8) is 0 Å². The number of amides is 2. The molecule has 1 saturated heterocycles. The predicted octanol–water partition coefficient (Wildman–Crippen LogP) is 2.88. The van der Waals surface area contributed by atoms with Gasteiger partial charge in [0.25, 0.3) is 11.8 Å². The largest absolute Gasteiger partial charge is 0.335 e. The van der Waals surface area contributed by atoms with E-state index < -0.39 is 10.0 Å². The van der Waals surface area contributed by atoms with Crippen molar-refractivity contribution in [3.8, 4) is 0 Å². The summed E-state index contributed by atoms with van der Waals surface area (Å²) in [5.41, 5.74) is 2.29. The summed E-state index contributed by atoms with van der Waals surface area (Å²) >= 11 is 0. The van der Waals surface area contributed by atoms with E-state index >= 15 is 0 Å². The maximum atomic E-state index is 12.9. The fourth-order valence-corrected chi connectivity index (χ4v) is 5.30. The number of hydrogen-bond acceptors (Lipinski definition) is 4. The number of benzene rings is 2. The zero-order chi connectivity index (χ0) is 23.3. The Bertz CT molecular complexity index is 1040. The number of rotatable bonds is 7. The molecule has 0 radical (unpaired) electrons. The third-order valence-corrected chi connectivity index (χ3v) is 7.97. The van der Waals surface area contributed by atoms with Crippen molar-refractivity contribution in [1.29, 1.82) is 0 Å². The maximum absolute atomic E-state index is 12.9. The van der Waals surface area contributed by atoms with Gasteiger partial charge in [-0.1, -0.05) is 32.9 Å². The van der Waals surface area contributed by atoms with E-state index in [0.29, 0.717) is 50.4 Å². The minimum Gasteiger partial charge on any atom is -0.335 e. The molecule has 1 heterocycles. The Hall–Kier alpha value is -2.71.